The van der Waals surface area contributed by atoms with Gasteiger partial charge in [-0.25, -0.2) is 9.59 Å². The Morgan fingerprint density at radius 1 is 0.939 bits per heavy atom. The van der Waals surface area contributed by atoms with Gasteiger partial charge in [-0.1, -0.05) is 48.5 Å². The van der Waals surface area contributed by atoms with Crippen molar-refractivity contribution in [2.24, 2.45) is 0 Å². The maximum absolute atomic E-state index is 12.3. The van der Waals surface area contributed by atoms with Crippen LogP contribution in [0.15, 0.2) is 48.5 Å². The van der Waals surface area contributed by atoms with Gasteiger partial charge >= 0.3 is 12.2 Å². The summed E-state index contributed by atoms with van der Waals surface area (Å²) in [6, 6.07) is 16.1. The minimum atomic E-state index is -0.885. The van der Waals surface area contributed by atoms with Crippen LogP contribution in [0, 0.1) is 0 Å². The van der Waals surface area contributed by atoms with Gasteiger partial charge in [0.25, 0.3) is 0 Å². The zero-order valence-electron chi connectivity index (χ0n) is 18.2. The molecule has 2 saturated heterocycles. The van der Waals surface area contributed by atoms with Crippen LogP contribution in [0.25, 0.3) is 11.1 Å². The highest BCUT2D eigenvalue weighted by atomic mass is 16.5. The van der Waals surface area contributed by atoms with Gasteiger partial charge in [0.1, 0.15) is 13.2 Å². The Morgan fingerprint density at radius 2 is 1.52 bits per heavy atom. The van der Waals surface area contributed by atoms with Crippen LogP contribution in [0.5, 0.6) is 0 Å². The first-order valence-corrected chi connectivity index (χ1v) is 11.4. The van der Waals surface area contributed by atoms with Gasteiger partial charge in [-0.15, -0.1) is 0 Å². The Bertz CT molecular complexity index is 1030. The lowest BCUT2D eigenvalue weighted by Crippen LogP contribution is -2.53. The largest absolute Gasteiger partial charge is 0.465 e. The number of carboxylic acid groups (broad SMARTS) is 1. The lowest BCUT2D eigenvalue weighted by Gasteiger charge is -2.37. The van der Waals surface area contributed by atoms with Crippen LogP contribution in [0.2, 0.25) is 0 Å². The van der Waals surface area contributed by atoms with Gasteiger partial charge in [0.05, 0.1) is 0 Å². The quantitative estimate of drug-likeness (QED) is 0.649. The summed E-state index contributed by atoms with van der Waals surface area (Å²) in [5.74, 6) is -0.330. The van der Waals surface area contributed by atoms with Crippen molar-refractivity contribution < 1.29 is 24.2 Å². The molecule has 0 spiro atoms. The van der Waals surface area contributed by atoms with Gasteiger partial charge in [0, 0.05) is 24.0 Å². The molecule has 8 nitrogen and oxygen atoms in total. The van der Waals surface area contributed by atoms with Crippen molar-refractivity contribution in [3.63, 3.8) is 0 Å². The second kappa shape index (κ2) is 8.77. The van der Waals surface area contributed by atoms with Crippen LogP contribution in [0.4, 0.5) is 9.59 Å². The van der Waals surface area contributed by atoms with E-state index in [0.717, 1.165) is 35.1 Å². The lowest BCUT2D eigenvalue weighted by molar-refractivity contribution is -0.121. The predicted octanol–water partition coefficient (Wildman–Crippen LogP) is 3.31. The molecule has 1 aliphatic carbocycles. The van der Waals surface area contributed by atoms with Gasteiger partial charge in [-0.2, -0.15) is 0 Å². The van der Waals surface area contributed by atoms with E-state index in [-0.39, 0.29) is 43.1 Å². The molecule has 172 valence electrons. The number of hydrogen-bond donors (Lipinski definition) is 3. The number of fused-ring (bicyclic) bond motifs is 5. The number of amides is 3. The van der Waals surface area contributed by atoms with Gasteiger partial charge in [0.15, 0.2) is 0 Å². The van der Waals surface area contributed by atoms with E-state index in [4.69, 9.17) is 4.74 Å². The van der Waals surface area contributed by atoms with E-state index in [1.165, 1.54) is 4.90 Å². The molecular formula is C25H27N3O5. The molecule has 33 heavy (non-hydrogen) atoms. The smallest absolute Gasteiger partial charge is 0.407 e. The Kier molecular flexibility index (Phi) is 5.66. The van der Waals surface area contributed by atoms with E-state index in [1.807, 2.05) is 24.3 Å². The fraction of sp³-hybridized carbons (Fsp3) is 0.400. The highest BCUT2D eigenvalue weighted by molar-refractivity contribution is 5.83. The van der Waals surface area contributed by atoms with Crippen LogP contribution in [0.3, 0.4) is 0 Å². The SMILES string of the molecule is O=C(CNC(=O)OCC1c2ccccc2-c2ccccc21)NC1C[C@H]2CC[C@@H](C1)N2C(=O)O. The average Bonchev–Trinajstić information content (AvgIpc) is 3.28. The van der Waals surface area contributed by atoms with E-state index >= 15 is 0 Å². The standard InChI is InChI=1S/C25H27N3O5/c29-23(27-15-11-16-9-10-17(12-15)28(16)25(31)32)13-26-24(30)33-14-22-20-7-3-1-5-18(20)19-6-2-4-8-21(19)22/h1-8,15-17,22H,9-14H2,(H,26,30)(H,27,29)(H,31,32)/t15?,16-,17+. The topological polar surface area (TPSA) is 108 Å². The second-order valence-corrected chi connectivity index (χ2v) is 8.99. The van der Waals surface area contributed by atoms with Gasteiger partial charge in [-0.05, 0) is 47.9 Å². The van der Waals surface area contributed by atoms with Crippen LogP contribution in [-0.4, -0.2) is 59.4 Å². The number of benzene rings is 2. The summed E-state index contributed by atoms with van der Waals surface area (Å²) in [4.78, 5) is 37.5. The Labute approximate surface area is 191 Å². The third kappa shape index (κ3) is 4.13. The first-order chi connectivity index (χ1) is 16.0. The summed E-state index contributed by atoms with van der Waals surface area (Å²) in [5, 5.41) is 14.8. The van der Waals surface area contributed by atoms with E-state index in [0.29, 0.717) is 12.8 Å². The summed E-state index contributed by atoms with van der Waals surface area (Å²) < 4.78 is 5.46. The average molecular weight is 450 g/mol. The molecule has 5 rings (SSSR count). The number of carbonyl (C=O) groups excluding carboxylic acids is 2. The number of ether oxygens (including phenoxy) is 1. The Balaban J connectivity index is 1.10. The number of nitrogens with zero attached hydrogens (tertiary/aromatic N) is 1. The van der Waals surface area contributed by atoms with Gasteiger partial charge < -0.3 is 25.4 Å². The lowest BCUT2D eigenvalue weighted by atomic mass is 9.98. The highest BCUT2D eigenvalue weighted by Gasteiger charge is 2.43. The monoisotopic (exact) mass is 449 g/mol. The van der Waals surface area contributed by atoms with Crippen molar-refractivity contribution in [1.82, 2.24) is 15.5 Å². The summed E-state index contributed by atoms with van der Waals surface area (Å²) in [5.41, 5.74) is 4.58. The van der Waals surface area contributed by atoms with Crippen LogP contribution in [0.1, 0.15) is 42.7 Å². The zero-order valence-corrected chi connectivity index (χ0v) is 18.2. The third-order valence-electron chi connectivity index (χ3n) is 7.06. The molecule has 3 atom stereocenters. The molecule has 1 unspecified atom stereocenters. The van der Waals surface area contributed by atoms with Crippen molar-refractivity contribution in [1.29, 1.82) is 0 Å². The number of carbonyl (C=O) groups is 3. The van der Waals surface area contributed by atoms with E-state index < -0.39 is 12.2 Å². The molecule has 0 radical (unpaired) electrons. The third-order valence-corrected chi connectivity index (χ3v) is 7.06. The van der Waals surface area contributed by atoms with Gasteiger partial charge in [0.2, 0.25) is 5.91 Å². The van der Waals surface area contributed by atoms with Crippen LogP contribution in [-0.2, 0) is 9.53 Å². The highest BCUT2D eigenvalue weighted by Crippen LogP contribution is 2.44. The Hall–Kier alpha value is -3.55. The molecule has 3 N–H and O–H groups in total. The number of hydrogen-bond acceptors (Lipinski definition) is 4. The summed E-state index contributed by atoms with van der Waals surface area (Å²) >= 11 is 0. The van der Waals surface area contributed by atoms with E-state index in [1.54, 1.807) is 0 Å². The summed E-state index contributed by atoms with van der Waals surface area (Å²) in [7, 11) is 0. The predicted molar refractivity (Wildman–Crippen MR) is 121 cm³/mol. The molecule has 3 aliphatic rings. The molecule has 2 aliphatic heterocycles. The first-order valence-electron chi connectivity index (χ1n) is 11.4. The fourth-order valence-electron chi connectivity index (χ4n) is 5.69. The Morgan fingerprint density at radius 3 is 2.09 bits per heavy atom. The van der Waals surface area contributed by atoms with Crippen molar-refractivity contribution in [2.45, 2.75) is 49.7 Å². The van der Waals surface area contributed by atoms with Crippen molar-refractivity contribution in [2.75, 3.05) is 13.2 Å². The molecule has 2 heterocycles. The zero-order chi connectivity index (χ0) is 22.9. The molecule has 2 aromatic rings. The maximum atomic E-state index is 12.3. The molecule has 0 aromatic heterocycles. The maximum Gasteiger partial charge on any atom is 0.407 e. The van der Waals surface area contributed by atoms with E-state index in [9.17, 15) is 19.5 Å². The number of alkyl carbamates (subject to hydrolysis) is 1. The van der Waals surface area contributed by atoms with Crippen molar-refractivity contribution >= 4 is 18.1 Å². The fourth-order valence-corrected chi connectivity index (χ4v) is 5.69. The molecule has 0 saturated carbocycles. The number of nitrogens with one attached hydrogen (secondary N) is 2. The molecule has 3 amide bonds. The second-order valence-electron chi connectivity index (χ2n) is 8.99. The van der Waals surface area contributed by atoms with Crippen LogP contribution >= 0.6 is 0 Å². The number of piperidine rings is 1. The molecule has 2 aromatic carbocycles. The first kappa shape index (κ1) is 21.3. The minimum absolute atomic E-state index is 0.0353. The molecular weight excluding hydrogens is 422 g/mol. The van der Waals surface area contributed by atoms with E-state index in [2.05, 4.69) is 34.9 Å². The summed E-state index contributed by atoms with van der Waals surface area (Å²) in [6.07, 6.45) is 1.37. The van der Waals surface area contributed by atoms with Crippen molar-refractivity contribution in [3.8, 4) is 11.1 Å². The molecule has 2 bridgehead atoms. The van der Waals surface area contributed by atoms with Crippen molar-refractivity contribution in [3.05, 3.63) is 59.7 Å². The molecule has 2 fully saturated rings. The minimum Gasteiger partial charge on any atom is -0.465 e. The number of rotatable bonds is 5. The van der Waals surface area contributed by atoms with Crippen LogP contribution < -0.4 is 10.6 Å². The van der Waals surface area contributed by atoms with Gasteiger partial charge in [-0.3, -0.25) is 4.79 Å². The normalized spacial score (nSPS) is 22.9. The summed E-state index contributed by atoms with van der Waals surface area (Å²) in [6.45, 7) is 0.0175. The molecule has 8 heteroatoms.